The van der Waals surface area contributed by atoms with Crippen LogP contribution in [0.5, 0.6) is 0 Å². The molecule has 0 radical (unpaired) electrons. The summed E-state index contributed by atoms with van der Waals surface area (Å²) in [5.74, 6) is 0.568. The van der Waals surface area contributed by atoms with Crippen LogP contribution in [0.4, 0.5) is 0 Å². The van der Waals surface area contributed by atoms with Crippen LogP contribution in [-0.2, 0) is 17.6 Å². The molecule has 2 aromatic rings. The number of amides is 1. The van der Waals surface area contributed by atoms with Crippen LogP contribution in [0.15, 0.2) is 29.3 Å². The molecule has 26 heavy (non-hydrogen) atoms. The number of nitrogens with one attached hydrogen (secondary N) is 2. The van der Waals surface area contributed by atoms with Crippen LogP contribution in [0.1, 0.15) is 35.5 Å². The van der Waals surface area contributed by atoms with Crippen LogP contribution >= 0.6 is 0 Å². The number of aliphatic hydroxyl groups excluding tert-OH is 1. The summed E-state index contributed by atoms with van der Waals surface area (Å²) in [5, 5.41) is 12.7. The number of nitrogens with zero attached hydrogens (tertiary/aromatic N) is 2. The van der Waals surface area contributed by atoms with Crippen molar-refractivity contribution in [3.8, 4) is 0 Å². The van der Waals surface area contributed by atoms with Crippen molar-refractivity contribution in [1.82, 2.24) is 20.3 Å². The van der Waals surface area contributed by atoms with E-state index in [4.69, 9.17) is 0 Å². The lowest BCUT2D eigenvalue weighted by Gasteiger charge is -2.38. The molecule has 0 spiro atoms. The number of aliphatic hydroxyl groups is 1. The average molecular weight is 356 g/mol. The molecule has 2 heterocycles. The van der Waals surface area contributed by atoms with Crippen LogP contribution in [0.3, 0.4) is 0 Å². The smallest absolute Gasteiger partial charge is 0.254 e. The fourth-order valence-corrected chi connectivity index (χ4v) is 3.44. The van der Waals surface area contributed by atoms with E-state index in [1.165, 1.54) is 0 Å². The molecule has 1 saturated carbocycles. The highest BCUT2D eigenvalue weighted by atomic mass is 16.3. The van der Waals surface area contributed by atoms with Gasteiger partial charge >= 0.3 is 0 Å². The van der Waals surface area contributed by atoms with E-state index in [1.807, 2.05) is 12.1 Å². The van der Waals surface area contributed by atoms with Crippen molar-refractivity contribution in [3.05, 3.63) is 57.5 Å². The highest BCUT2D eigenvalue weighted by molar-refractivity contribution is 5.79. The highest BCUT2D eigenvalue weighted by Gasteiger charge is 2.34. The number of carbonyl (C=O) groups excluding carboxylic acids is 1. The number of hydrogen-bond acceptors (Lipinski definition) is 5. The van der Waals surface area contributed by atoms with E-state index in [0.29, 0.717) is 36.3 Å². The number of hydrogen-bond donors (Lipinski definition) is 3. The summed E-state index contributed by atoms with van der Waals surface area (Å²) in [6.07, 6.45) is 5.20. The molecule has 138 valence electrons. The van der Waals surface area contributed by atoms with E-state index in [-0.39, 0.29) is 36.0 Å². The summed E-state index contributed by atoms with van der Waals surface area (Å²) < 4.78 is 0. The Morgan fingerprint density at radius 1 is 1.35 bits per heavy atom. The Hall–Kier alpha value is -2.54. The average Bonchev–Trinajstić information content (AvgIpc) is 2.55. The van der Waals surface area contributed by atoms with E-state index in [9.17, 15) is 14.7 Å². The third-order valence-corrected chi connectivity index (χ3v) is 4.95. The van der Waals surface area contributed by atoms with Crippen LogP contribution in [-0.4, -0.2) is 38.1 Å². The first kappa shape index (κ1) is 18.3. The summed E-state index contributed by atoms with van der Waals surface area (Å²) in [4.78, 5) is 35.6. The third kappa shape index (κ3) is 4.35. The Kier molecular flexibility index (Phi) is 5.46. The van der Waals surface area contributed by atoms with Gasteiger partial charge in [-0.25, -0.2) is 4.98 Å². The van der Waals surface area contributed by atoms with Gasteiger partial charge in [0.05, 0.1) is 12.5 Å². The first-order chi connectivity index (χ1) is 12.4. The lowest BCUT2D eigenvalue weighted by Crippen LogP contribution is -2.48. The molecule has 1 fully saturated rings. The quantitative estimate of drug-likeness (QED) is 0.710. The number of H-pyrrole nitrogens is 1. The molecule has 2 aromatic heterocycles. The number of aromatic nitrogens is 3. The fourth-order valence-electron chi connectivity index (χ4n) is 3.44. The fraction of sp³-hybridized carbons (Fsp3) is 0.474. The number of carbonyl (C=O) groups is 1. The largest absolute Gasteiger partial charge is 0.393 e. The minimum absolute atomic E-state index is 0.00341. The molecule has 0 aromatic carbocycles. The predicted molar refractivity (Wildman–Crippen MR) is 96.6 cm³/mol. The van der Waals surface area contributed by atoms with E-state index >= 15 is 0 Å². The predicted octanol–water partition coefficient (Wildman–Crippen LogP) is 0.823. The second-order valence-corrected chi connectivity index (χ2v) is 7.01. The Labute approximate surface area is 151 Å². The maximum absolute atomic E-state index is 12.6. The Morgan fingerprint density at radius 3 is 2.65 bits per heavy atom. The van der Waals surface area contributed by atoms with Crippen molar-refractivity contribution in [3.63, 3.8) is 0 Å². The molecule has 7 heteroatoms. The molecule has 0 unspecified atom stereocenters. The van der Waals surface area contributed by atoms with E-state index in [1.54, 1.807) is 26.2 Å². The first-order valence-corrected chi connectivity index (χ1v) is 8.85. The Morgan fingerprint density at radius 2 is 2.04 bits per heavy atom. The van der Waals surface area contributed by atoms with E-state index in [0.717, 1.165) is 5.56 Å². The molecular weight excluding hydrogens is 332 g/mol. The monoisotopic (exact) mass is 356 g/mol. The number of pyridine rings is 1. The van der Waals surface area contributed by atoms with Gasteiger partial charge in [0.2, 0.25) is 5.91 Å². The molecule has 3 N–H and O–H groups in total. The first-order valence-electron chi connectivity index (χ1n) is 8.85. The van der Waals surface area contributed by atoms with Crippen LogP contribution < -0.4 is 10.9 Å². The van der Waals surface area contributed by atoms with Crippen molar-refractivity contribution >= 4 is 5.91 Å². The molecule has 1 aliphatic carbocycles. The minimum atomic E-state index is -0.289. The van der Waals surface area contributed by atoms with E-state index in [2.05, 4.69) is 20.3 Å². The maximum atomic E-state index is 12.6. The Bertz CT molecular complexity index is 828. The van der Waals surface area contributed by atoms with Crippen LogP contribution in [0, 0.1) is 19.8 Å². The van der Waals surface area contributed by atoms with Gasteiger partial charge in [-0.15, -0.1) is 0 Å². The zero-order valence-corrected chi connectivity index (χ0v) is 15.0. The van der Waals surface area contributed by atoms with Gasteiger partial charge in [-0.1, -0.05) is 0 Å². The number of aromatic amines is 1. The molecule has 0 saturated heterocycles. The summed E-state index contributed by atoms with van der Waals surface area (Å²) in [6.45, 7) is 3.45. The van der Waals surface area contributed by atoms with E-state index < -0.39 is 0 Å². The molecule has 1 aliphatic rings. The SMILES string of the molecule is Cc1nc(C)c(CC(=O)N[C@H](Cc2ccncc2)C2CC(O)C2)c(=O)[nH]1. The molecule has 0 aliphatic heterocycles. The van der Waals surface area contributed by atoms with Gasteiger partial charge in [0.1, 0.15) is 5.82 Å². The van der Waals surface area contributed by atoms with Crippen molar-refractivity contribution in [2.75, 3.05) is 0 Å². The Balaban J connectivity index is 1.70. The van der Waals surface area contributed by atoms with Crippen molar-refractivity contribution in [2.45, 2.75) is 51.7 Å². The van der Waals surface area contributed by atoms with Gasteiger partial charge in [0.15, 0.2) is 0 Å². The van der Waals surface area contributed by atoms with Crippen molar-refractivity contribution < 1.29 is 9.90 Å². The summed E-state index contributed by atoms with van der Waals surface area (Å²) >= 11 is 0. The minimum Gasteiger partial charge on any atom is -0.393 e. The van der Waals surface area contributed by atoms with Gasteiger partial charge in [-0.3, -0.25) is 14.6 Å². The lowest BCUT2D eigenvalue weighted by molar-refractivity contribution is -0.122. The standard InChI is InChI=1S/C19H24N4O3/c1-11-16(19(26)22-12(2)21-11)10-18(25)23-17(14-8-15(24)9-14)7-13-3-5-20-6-4-13/h3-6,14-15,17,24H,7-10H2,1-2H3,(H,23,25)(H,21,22,26)/t14?,15?,17-/m1/s1. The van der Waals surface area contributed by atoms with Crippen LogP contribution in [0.25, 0.3) is 0 Å². The molecular formula is C19H24N4O3. The highest BCUT2D eigenvalue weighted by Crippen LogP contribution is 2.31. The molecule has 1 amide bonds. The number of rotatable bonds is 6. The molecule has 3 rings (SSSR count). The second-order valence-electron chi connectivity index (χ2n) is 7.01. The third-order valence-electron chi connectivity index (χ3n) is 4.95. The van der Waals surface area contributed by atoms with Gasteiger partial charge < -0.3 is 15.4 Å². The van der Waals surface area contributed by atoms with Crippen molar-refractivity contribution in [2.24, 2.45) is 5.92 Å². The zero-order valence-electron chi connectivity index (χ0n) is 15.0. The van der Waals surface area contributed by atoms with Gasteiger partial charge in [0, 0.05) is 29.7 Å². The second kappa shape index (κ2) is 7.78. The van der Waals surface area contributed by atoms with Crippen molar-refractivity contribution in [1.29, 1.82) is 0 Å². The molecule has 7 nitrogen and oxygen atoms in total. The summed E-state index contributed by atoms with van der Waals surface area (Å²) in [6, 6.07) is 3.77. The topological polar surface area (TPSA) is 108 Å². The maximum Gasteiger partial charge on any atom is 0.254 e. The molecule has 0 bridgehead atoms. The number of aryl methyl sites for hydroxylation is 2. The van der Waals surface area contributed by atoms with Gasteiger partial charge in [-0.2, -0.15) is 0 Å². The van der Waals surface area contributed by atoms with Crippen LogP contribution in [0.2, 0.25) is 0 Å². The normalized spacial score (nSPS) is 20.3. The summed E-state index contributed by atoms with van der Waals surface area (Å²) in [5.41, 5.74) is 1.78. The zero-order chi connectivity index (χ0) is 18.7. The van der Waals surface area contributed by atoms with Gasteiger partial charge in [0.25, 0.3) is 5.56 Å². The molecule has 1 atom stereocenters. The van der Waals surface area contributed by atoms with Gasteiger partial charge in [-0.05, 0) is 56.7 Å². The summed E-state index contributed by atoms with van der Waals surface area (Å²) in [7, 11) is 0. The lowest BCUT2D eigenvalue weighted by atomic mass is 9.75.